The van der Waals surface area contributed by atoms with Crippen LogP contribution in [-0.2, 0) is 23.0 Å². The minimum Gasteiger partial charge on any atom is -0.356 e. The molecule has 0 bridgehead atoms. The van der Waals surface area contributed by atoms with Crippen LogP contribution in [-0.4, -0.2) is 45.4 Å². The molecular formula is C20H28N4O2S2. The number of hydrogen-bond donors (Lipinski definition) is 2. The van der Waals surface area contributed by atoms with Crippen molar-refractivity contribution in [3.05, 3.63) is 52.9 Å². The van der Waals surface area contributed by atoms with Gasteiger partial charge in [0.05, 0.1) is 6.54 Å². The highest BCUT2D eigenvalue weighted by atomic mass is 32.2. The fourth-order valence-corrected chi connectivity index (χ4v) is 6.15. The van der Waals surface area contributed by atoms with Crippen LogP contribution in [0.25, 0.3) is 0 Å². The van der Waals surface area contributed by atoms with Crippen molar-refractivity contribution in [1.29, 1.82) is 0 Å². The van der Waals surface area contributed by atoms with E-state index in [1.165, 1.54) is 16.9 Å². The van der Waals surface area contributed by atoms with Gasteiger partial charge in [0.25, 0.3) is 10.0 Å². The third-order valence-electron chi connectivity index (χ3n) is 4.75. The zero-order valence-electron chi connectivity index (χ0n) is 16.2. The molecule has 2 aromatic rings. The van der Waals surface area contributed by atoms with Crippen molar-refractivity contribution in [1.82, 2.24) is 14.9 Å². The smallest absolute Gasteiger partial charge is 0.252 e. The Morgan fingerprint density at radius 3 is 2.54 bits per heavy atom. The predicted octanol–water partition coefficient (Wildman–Crippen LogP) is 2.83. The number of hydrogen-bond acceptors (Lipinski definition) is 4. The maximum atomic E-state index is 12.8. The van der Waals surface area contributed by atoms with Gasteiger partial charge in [0.1, 0.15) is 4.21 Å². The first-order chi connectivity index (χ1) is 13.6. The monoisotopic (exact) mass is 420 g/mol. The lowest BCUT2D eigenvalue weighted by molar-refractivity contribution is 0.347. The van der Waals surface area contributed by atoms with Crippen LogP contribution in [0.4, 0.5) is 0 Å². The van der Waals surface area contributed by atoms with E-state index in [4.69, 9.17) is 0 Å². The third kappa shape index (κ3) is 5.56. The van der Waals surface area contributed by atoms with Gasteiger partial charge in [-0.25, -0.2) is 8.42 Å². The molecule has 0 aliphatic carbocycles. The molecule has 6 nitrogen and oxygen atoms in total. The predicted molar refractivity (Wildman–Crippen MR) is 115 cm³/mol. The summed E-state index contributed by atoms with van der Waals surface area (Å²) in [6.07, 6.45) is 3.93. The van der Waals surface area contributed by atoms with Crippen molar-refractivity contribution in [2.75, 3.05) is 26.7 Å². The summed E-state index contributed by atoms with van der Waals surface area (Å²) < 4.78 is 27.5. The lowest BCUT2D eigenvalue weighted by atomic mass is 10.1. The van der Waals surface area contributed by atoms with Crippen LogP contribution in [0, 0.1) is 0 Å². The quantitative estimate of drug-likeness (QED) is 0.534. The van der Waals surface area contributed by atoms with E-state index in [1.807, 2.05) is 24.3 Å². The number of nitrogens with zero attached hydrogens (tertiary/aromatic N) is 2. The van der Waals surface area contributed by atoms with E-state index in [0.29, 0.717) is 29.8 Å². The van der Waals surface area contributed by atoms with Crippen molar-refractivity contribution in [3.8, 4) is 0 Å². The number of rotatable bonds is 7. The molecule has 0 saturated carbocycles. The zero-order chi connectivity index (χ0) is 19.8. The number of thiophene rings is 1. The van der Waals surface area contributed by atoms with Gasteiger partial charge in [0, 0.05) is 31.6 Å². The first-order valence-corrected chi connectivity index (χ1v) is 11.9. The average Bonchev–Trinajstić information content (AvgIpc) is 3.22. The van der Waals surface area contributed by atoms with Crippen LogP contribution in [0.1, 0.15) is 29.7 Å². The SMILES string of the molecule is CN=C(NCCc1ccccc1)NCc1ccc(S(=O)(=O)N2CCCCC2)s1. The second-order valence-electron chi connectivity index (χ2n) is 6.77. The minimum absolute atomic E-state index is 0.429. The van der Waals surface area contributed by atoms with Crippen LogP contribution in [0.15, 0.2) is 51.7 Å². The van der Waals surface area contributed by atoms with Crippen molar-refractivity contribution in [2.45, 2.75) is 36.4 Å². The maximum Gasteiger partial charge on any atom is 0.252 e. The molecule has 28 heavy (non-hydrogen) atoms. The summed E-state index contributed by atoms with van der Waals surface area (Å²) in [5, 5.41) is 6.55. The number of piperidine rings is 1. The van der Waals surface area contributed by atoms with Gasteiger partial charge in [-0.2, -0.15) is 4.31 Å². The summed E-state index contributed by atoms with van der Waals surface area (Å²) in [6, 6.07) is 13.9. The molecule has 0 unspecified atom stereocenters. The van der Waals surface area contributed by atoms with Crippen LogP contribution < -0.4 is 10.6 Å². The first-order valence-electron chi connectivity index (χ1n) is 9.67. The molecule has 1 saturated heterocycles. The number of nitrogens with one attached hydrogen (secondary N) is 2. The van der Waals surface area contributed by atoms with Crippen LogP contribution >= 0.6 is 11.3 Å². The van der Waals surface area contributed by atoms with E-state index in [-0.39, 0.29) is 0 Å². The minimum atomic E-state index is -3.35. The summed E-state index contributed by atoms with van der Waals surface area (Å²) in [5.41, 5.74) is 1.27. The summed E-state index contributed by atoms with van der Waals surface area (Å²) in [5.74, 6) is 0.713. The van der Waals surface area contributed by atoms with Crippen molar-refractivity contribution in [3.63, 3.8) is 0 Å². The summed E-state index contributed by atoms with van der Waals surface area (Å²) in [4.78, 5) is 5.21. The van der Waals surface area contributed by atoms with Gasteiger partial charge >= 0.3 is 0 Å². The number of sulfonamides is 1. The van der Waals surface area contributed by atoms with E-state index in [2.05, 4.69) is 27.8 Å². The molecular weight excluding hydrogens is 392 g/mol. The lowest BCUT2D eigenvalue weighted by Crippen LogP contribution is -2.37. The summed E-state index contributed by atoms with van der Waals surface area (Å²) >= 11 is 1.33. The van der Waals surface area contributed by atoms with E-state index in [9.17, 15) is 8.42 Å². The Morgan fingerprint density at radius 1 is 1.07 bits per heavy atom. The Bertz CT molecular complexity index is 873. The standard InChI is InChI=1S/C20H28N4O2S2/c1-21-20(22-13-12-17-8-4-2-5-9-17)23-16-18-10-11-19(27-18)28(25,26)24-14-6-3-7-15-24/h2,4-5,8-11H,3,6-7,12-16H2,1H3,(H2,21,22,23). The van der Waals surface area contributed by atoms with Gasteiger partial charge < -0.3 is 10.6 Å². The highest BCUT2D eigenvalue weighted by Crippen LogP contribution is 2.26. The zero-order valence-corrected chi connectivity index (χ0v) is 17.9. The first kappa shape index (κ1) is 20.8. The largest absolute Gasteiger partial charge is 0.356 e. The van der Waals surface area contributed by atoms with Gasteiger partial charge in [-0.1, -0.05) is 36.8 Å². The Kier molecular flexibility index (Phi) is 7.47. The van der Waals surface area contributed by atoms with Gasteiger partial charge in [0.2, 0.25) is 0 Å². The number of benzene rings is 1. The van der Waals surface area contributed by atoms with Crippen LogP contribution in [0.5, 0.6) is 0 Å². The molecule has 2 heterocycles. The van der Waals surface area contributed by atoms with Crippen LogP contribution in [0.2, 0.25) is 0 Å². The molecule has 0 spiro atoms. The van der Waals surface area contributed by atoms with E-state index in [1.54, 1.807) is 17.4 Å². The average molecular weight is 421 g/mol. The summed E-state index contributed by atoms with van der Waals surface area (Å²) in [6.45, 7) is 2.59. The molecule has 1 aliphatic rings. The normalized spacial score (nSPS) is 16.1. The molecule has 1 fully saturated rings. The van der Waals surface area contributed by atoms with E-state index in [0.717, 1.165) is 37.1 Å². The number of guanidine groups is 1. The topological polar surface area (TPSA) is 73.8 Å². The van der Waals surface area contributed by atoms with Crippen molar-refractivity contribution < 1.29 is 8.42 Å². The molecule has 2 N–H and O–H groups in total. The van der Waals surface area contributed by atoms with Gasteiger partial charge in [0.15, 0.2) is 5.96 Å². The Hall–Kier alpha value is -1.90. The highest BCUT2D eigenvalue weighted by Gasteiger charge is 2.27. The molecule has 152 valence electrons. The molecule has 1 aromatic heterocycles. The highest BCUT2D eigenvalue weighted by molar-refractivity contribution is 7.91. The van der Waals surface area contributed by atoms with Crippen molar-refractivity contribution in [2.24, 2.45) is 4.99 Å². The van der Waals surface area contributed by atoms with E-state index < -0.39 is 10.0 Å². The molecule has 8 heteroatoms. The van der Waals surface area contributed by atoms with Gasteiger partial charge in [-0.05, 0) is 37.0 Å². The van der Waals surface area contributed by atoms with E-state index >= 15 is 0 Å². The molecule has 1 aromatic carbocycles. The molecule has 0 amide bonds. The number of aliphatic imine (C=N–C) groups is 1. The molecule has 0 radical (unpaired) electrons. The Balaban J connectivity index is 1.50. The van der Waals surface area contributed by atoms with Crippen LogP contribution in [0.3, 0.4) is 0 Å². The second-order valence-corrected chi connectivity index (χ2v) is 10.1. The fraction of sp³-hybridized carbons (Fsp3) is 0.450. The van der Waals surface area contributed by atoms with Gasteiger partial charge in [-0.15, -0.1) is 11.3 Å². The lowest BCUT2D eigenvalue weighted by Gasteiger charge is -2.25. The second kappa shape index (κ2) is 10.0. The van der Waals surface area contributed by atoms with Gasteiger partial charge in [-0.3, -0.25) is 4.99 Å². The molecule has 0 atom stereocenters. The Labute approximate surface area is 171 Å². The third-order valence-corrected chi connectivity index (χ3v) is 8.20. The fourth-order valence-electron chi connectivity index (χ4n) is 3.19. The maximum absolute atomic E-state index is 12.8. The Morgan fingerprint density at radius 2 is 1.82 bits per heavy atom. The van der Waals surface area contributed by atoms with Crippen molar-refractivity contribution >= 4 is 27.3 Å². The molecule has 1 aliphatic heterocycles. The summed E-state index contributed by atoms with van der Waals surface area (Å²) in [7, 11) is -1.62. The molecule has 3 rings (SSSR count).